The second kappa shape index (κ2) is 17.8. The molecule has 2 unspecified atom stereocenters. The van der Waals surface area contributed by atoms with E-state index in [1.165, 1.54) is 96.3 Å². The second-order valence-electron chi connectivity index (χ2n) is 8.56. The van der Waals surface area contributed by atoms with Gasteiger partial charge in [0.15, 0.2) is 0 Å². The van der Waals surface area contributed by atoms with Crippen molar-refractivity contribution in [3.63, 3.8) is 0 Å². The Labute approximate surface area is 174 Å². The first-order chi connectivity index (χ1) is 13.1. The number of carbonyl (C=O) groups excluding carboxylic acids is 1. The van der Waals surface area contributed by atoms with Crippen molar-refractivity contribution in [2.24, 2.45) is 11.3 Å². The molecule has 0 saturated heterocycles. The minimum absolute atomic E-state index is 0.120. The number of carbonyl (C=O) groups is 1. The Morgan fingerprint density at radius 3 is 1.74 bits per heavy atom. The Hall–Kier alpha value is -0.313. The summed E-state index contributed by atoms with van der Waals surface area (Å²) in [7, 11) is 0.526. The second-order valence-corrected chi connectivity index (χ2v) is 8.97. The van der Waals surface area contributed by atoms with Gasteiger partial charge in [0.2, 0.25) is 10.5 Å². The van der Waals surface area contributed by atoms with E-state index >= 15 is 0 Å². The molecule has 0 N–H and O–H groups in total. The minimum Gasteiger partial charge on any atom is -0.528 e. The van der Waals surface area contributed by atoms with Gasteiger partial charge in [0.1, 0.15) is 0 Å². The molecule has 2 atom stereocenters. The van der Waals surface area contributed by atoms with Gasteiger partial charge in [0, 0.05) is 0 Å². The third-order valence-corrected chi connectivity index (χ3v) is 6.89. The zero-order chi connectivity index (χ0) is 20.4. The lowest BCUT2D eigenvalue weighted by Gasteiger charge is -2.38. The van der Waals surface area contributed by atoms with Crippen LogP contribution in [-0.4, -0.2) is 16.5 Å². The topological polar surface area (TPSA) is 26.3 Å². The summed E-state index contributed by atoms with van der Waals surface area (Å²) in [6, 6.07) is 0. The zero-order valence-corrected chi connectivity index (χ0v) is 21.4. The predicted octanol–water partition coefficient (Wildman–Crippen LogP) is 7.12. The first kappa shape index (κ1) is 26.7. The maximum absolute atomic E-state index is 12.9. The van der Waals surface area contributed by atoms with Gasteiger partial charge >= 0.3 is 0 Å². The Morgan fingerprint density at radius 1 is 0.741 bits per heavy atom. The summed E-state index contributed by atoms with van der Waals surface area (Å²) in [6.45, 7) is 9.03. The largest absolute Gasteiger partial charge is 0.528 e. The molecule has 3 heteroatoms. The van der Waals surface area contributed by atoms with Gasteiger partial charge in [-0.15, -0.1) is 0 Å². The summed E-state index contributed by atoms with van der Waals surface area (Å²) in [5.74, 6) is 0.630. The Balaban J connectivity index is 4.80. The Bertz CT molecular complexity index is 345. The van der Waals surface area contributed by atoms with Crippen molar-refractivity contribution >= 4 is 16.5 Å². The van der Waals surface area contributed by atoms with Crippen molar-refractivity contribution < 1.29 is 9.22 Å². The predicted molar refractivity (Wildman–Crippen MR) is 123 cm³/mol. The summed E-state index contributed by atoms with van der Waals surface area (Å²) in [5, 5.41) is 0. The van der Waals surface area contributed by atoms with Gasteiger partial charge < -0.3 is 4.43 Å². The van der Waals surface area contributed by atoms with E-state index in [1.807, 2.05) is 0 Å². The van der Waals surface area contributed by atoms with Gasteiger partial charge in [-0.25, -0.2) is 0 Å². The van der Waals surface area contributed by atoms with Crippen molar-refractivity contribution in [3.8, 4) is 0 Å². The molecule has 0 aromatic heterocycles. The SMILES string of the molecule is CCCCCCCCC(CCC)C(CC)(CCCCCCCC)C(=O)O[SiH3]. The van der Waals surface area contributed by atoms with Gasteiger partial charge in [-0.2, -0.15) is 0 Å². The highest BCUT2D eigenvalue weighted by Crippen LogP contribution is 2.43. The molecule has 0 amide bonds. The fraction of sp³-hybridized carbons (Fsp3) is 0.958. The smallest absolute Gasteiger partial charge is 0.298 e. The van der Waals surface area contributed by atoms with E-state index in [0.717, 1.165) is 12.8 Å². The fourth-order valence-corrected chi connectivity index (χ4v) is 5.13. The van der Waals surface area contributed by atoms with E-state index in [0.29, 0.717) is 16.4 Å². The number of hydrogen-bond acceptors (Lipinski definition) is 2. The van der Waals surface area contributed by atoms with Gasteiger partial charge in [-0.3, -0.25) is 4.79 Å². The van der Waals surface area contributed by atoms with Gasteiger partial charge in [0.05, 0.1) is 5.41 Å². The monoisotopic (exact) mass is 398 g/mol. The number of unbranched alkanes of at least 4 members (excludes halogenated alkanes) is 10. The van der Waals surface area contributed by atoms with Crippen LogP contribution in [0.2, 0.25) is 0 Å². The molecule has 162 valence electrons. The lowest BCUT2D eigenvalue weighted by Crippen LogP contribution is -2.39. The van der Waals surface area contributed by atoms with Crippen molar-refractivity contribution in [3.05, 3.63) is 0 Å². The lowest BCUT2D eigenvalue weighted by molar-refractivity contribution is -0.151. The highest BCUT2D eigenvalue weighted by atomic mass is 28.2. The first-order valence-electron chi connectivity index (χ1n) is 12.2. The highest BCUT2D eigenvalue weighted by Gasteiger charge is 2.43. The molecule has 0 aromatic rings. The van der Waals surface area contributed by atoms with Crippen LogP contribution in [0.25, 0.3) is 0 Å². The van der Waals surface area contributed by atoms with Gasteiger partial charge in [-0.05, 0) is 31.6 Å². The van der Waals surface area contributed by atoms with Crippen LogP contribution in [-0.2, 0) is 9.22 Å². The third kappa shape index (κ3) is 10.7. The molecule has 0 heterocycles. The molecule has 0 saturated carbocycles. The zero-order valence-electron chi connectivity index (χ0n) is 19.4. The summed E-state index contributed by atoms with van der Waals surface area (Å²) >= 11 is 0. The lowest BCUT2D eigenvalue weighted by atomic mass is 9.66. The molecule has 0 aromatic carbocycles. The summed E-state index contributed by atoms with van der Waals surface area (Å²) in [4.78, 5) is 12.9. The van der Waals surface area contributed by atoms with Gasteiger partial charge in [0.25, 0.3) is 5.97 Å². The summed E-state index contributed by atoms with van der Waals surface area (Å²) in [5.41, 5.74) is -0.216. The Morgan fingerprint density at radius 2 is 1.26 bits per heavy atom. The average Bonchev–Trinajstić information content (AvgIpc) is 2.69. The highest BCUT2D eigenvalue weighted by molar-refractivity contribution is 6.06. The van der Waals surface area contributed by atoms with E-state index in [-0.39, 0.29) is 11.4 Å². The number of hydrogen-bond donors (Lipinski definition) is 0. The van der Waals surface area contributed by atoms with Crippen molar-refractivity contribution in [2.75, 3.05) is 0 Å². The van der Waals surface area contributed by atoms with Crippen LogP contribution in [0.1, 0.15) is 137 Å². The van der Waals surface area contributed by atoms with Crippen molar-refractivity contribution in [1.29, 1.82) is 0 Å². The molecule has 27 heavy (non-hydrogen) atoms. The Kier molecular flexibility index (Phi) is 17.6. The van der Waals surface area contributed by atoms with E-state index in [1.54, 1.807) is 0 Å². The maximum Gasteiger partial charge on any atom is 0.298 e. The van der Waals surface area contributed by atoms with Crippen LogP contribution in [0.5, 0.6) is 0 Å². The van der Waals surface area contributed by atoms with Crippen LogP contribution in [0.15, 0.2) is 0 Å². The average molecular weight is 399 g/mol. The third-order valence-electron chi connectivity index (χ3n) is 6.52. The molecule has 0 fully saturated rings. The van der Waals surface area contributed by atoms with Gasteiger partial charge in [-0.1, -0.05) is 111 Å². The molecule has 0 spiro atoms. The first-order valence-corrected chi connectivity index (χ1v) is 13.0. The summed E-state index contributed by atoms with van der Waals surface area (Å²) in [6.07, 6.45) is 21.3. The molecule has 0 radical (unpaired) electrons. The van der Waals surface area contributed by atoms with Crippen LogP contribution >= 0.6 is 0 Å². The molecule has 0 aliphatic rings. The fourth-order valence-electron chi connectivity index (χ4n) is 4.72. The number of rotatable bonds is 19. The molecule has 0 aliphatic heterocycles. The molecule has 0 aliphatic carbocycles. The molecule has 2 nitrogen and oxygen atoms in total. The molecule has 0 bridgehead atoms. The minimum atomic E-state index is -0.216. The van der Waals surface area contributed by atoms with E-state index < -0.39 is 0 Å². The van der Waals surface area contributed by atoms with E-state index in [2.05, 4.69) is 27.7 Å². The van der Waals surface area contributed by atoms with Crippen LogP contribution in [0, 0.1) is 11.3 Å². The van der Waals surface area contributed by atoms with E-state index in [9.17, 15) is 4.79 Å². The van der Waals surface area contributed by atoms with Crippen LogP contribution < -0.4 is 0 Å². The van der Waals surface area contributed by atoms with Crippen molar-refractivity contribution in [2.45, 2.75) is 137 Å². The molecular formula is C24H50O2Si. The molecular weight excluding hydrogens is 348 g/mol. The van der Waals surface area contributed by atoms with Crippen LogP contribution in [0.3, 0.4) is 0 Å². The van der Waals surface area contributed by atoms with Crippen LogP contribution in [0.4, 0.5) is 0 Å². The summed E-state index contributed by atoms with van der Waals surface area (Å²) < 4.78 is 5.49. The maximum atomic E-state index is 12.9. The normalized spacial score (nSPS) is 14.8. The van der Waals surface area contributed by atoms with E-state index in [4.69, 9.17) is 4.43 Å². The van der Waals surface area contributed by atoms with Crippen molar-refractivity contribution in [1.82, 2.24) is 0 Å². The standard InChI is InChI=1S/C24H50O2Si/c1-5-9-11-13-15-17-20-22(19-7-3)24(8-4,23(25)26-27)21-18-16-14-12-10-6-2/h22H,5-21H2,1-4,27H3. The molecule has 0 rings (SSSR count). The quantitative estimate of drug-likeness (QED) is 0.171.